The Kier molecular flexibility index (Phi) is 4.70. The molecule has 1 saturated heterocycles. The summed E-state index contributed by atoms with van der Waals surface area (Å²) in [6.45, 7) is 4.30. The fraction of sp³-hybridized carbons (Fsp3) is 0.261. The number of amides is 1. The molecule has 1 atom stereocenters. The molecule has 1 N–H and O–H groups in total. The lowest BCUT2D eigenvalue weighted by Gasteiger charge is -2.20. The van der Waals surface area contributed by atoms with Crippen molar-refractivity contribution in [1.82, 2.24) is 14.7 Å². The van der Waals surface area contributed by atoms with E-state index < -0.39 is 11.4 Å². The Morgan fingerprint density at radius 3 is 2.41 bits per heavy atom. The predicted octanol–water partition coefficient (Wildman–Crippen LogP) is 3.78. The second-order valence-electron chi connectivity index (χ2n) is 7.83. The topological polar surface area (TPSA) is 75.4 Å². The van der Waals surface area contributed by atoms with Gasteiger partial charge in [-0.1, -0.05) is 42.5 Å². The highest BCUT2D eigenvalue weighted by molar-refractivity contribution is 6.00. The number of benzene rings is 2. The minimum atomic E-state index is -0.909. The molecule has 0 saturated carbocycles. The number of carbonyl (C=O) groups excluding carboxylic acids is 1. The smallest absolute Gasteiger partial charge is 0.311 e. The van der Waals surface area contributed by atoms with Crippen LogP contribution in [0.2, 0.25) is 0 Å². The molecule has 1 fully saturated rings. The molecule has 6 nitrogen and oxygen atoms in total. The van der Waals surface area contributed by atoms with Gasteiger partial charge in [0, 0.05) is 24.8 Å². The van der Waals surface area contributed by atoms with E-state index in [1.54, 1.807) is 22.7 Å². The number of carboxylic acid groups (broad SMARTS) is 1. The number of nitrogens with zero attached hydrogens (tertiary/aromatic N) is 3. The summed E-state index contributed by atoms with van der Waals surface area (Å²) in [4.78, 5) is 26.6. The molecule has 1 unspecified atom stereocenters. The van der Waals surface area contributed by atoms with Gasteiger partial charge < -0.3 is 10.0 Å². The van der Waals surface area contributed by atoms with Crippen LogP contribution < -0.4 is 0 Å². The van der Waals surface area contributed by atoms with E-state index >= 15 is 0 Å². The quantitative estimate of drug-likeness (QED) is 0.737. The third kappa shape index (κ3) is 3.42. The van der Waals surface area contributed by atoms with Gasteiger partial charge in [-0.05, 0) is 38.0 Å². The number of carboxylic acids is 1. The van der Waals surface area contributed by atoms with Crippen LogP contribution in [0, 0.1) is 12.3 Å². The van der Waals surface area contributed by atoms with Crippen LogP contribution in [0.15, 0.2) is 60.8 Å². The van der Waals surface area contributed by atoms with Crippen LogP contribution >= 0.6 is 0 Å². The summed E-state index contributed by atoms with van der Waals surface area (Å²) in [6.07, 6.45) is 2.19. The van der Waals surface area contributed by atoms with Crippen LogP contribution in [-0.4, -0.2) is 44.8 Å². The monoisotopic (exact) mass is 389 g/mol. The average Bonchev–Trinajstić information content (AvgIpc) is 3.34. The molecule has 6 heteroatoms. The van der Waals surface area contributed by atoms with Crippen LogP contribution in [0.5, 0.6) is 0 Å². The number of rotatable bonds is 4. The van der Waals surface area contributed by atoms with Gasteiger partial charge in [-0.15, -0.1) is 0 Å². The third-order valence-corrected chi connectivity index (χ3v) is 5.64. The fourth-order valence-corrected chi connectivity index (χ4v) is 3.76. The van der Waals surface area contributed by atoms with E-state index in [1.807, 2.05) is 61.5 Å². The fourth-order valence-electron chi connectivity index (χ4n) is 3.76. The highest BCUT2D eigenvalue weighted by Crippen LogP contribution is 2.33. The highest BCUT2D eigenvalue weighted by Gasteiger charge is 2.43. The minimum Gasteiger partial charge on any atom is -0.481 e. The molecular formula is C23H23N3O3. The maximum Gasteiger partial charge on any atom is 0.311 e. The molecule has 1 aromatic heterocycles. The largest absolute Gasteiger partial charge is 0.481 e. The van der Waals surface area contributed by atoms with Crippen LogP contribution in [0.25, 0.3) is 16.9 Å². The van der Waals surface area contributed by atoms with Crippen molar-refractivity contribution in [2.75, 3.05) is 13.1 Å². The molecule has 3 aromatic rings. The molecule has 4 rings (SSSR count). The second-order valence-corrected chi connectivity index (χ2v) is 7.83. The first-order valence-corrected chi connectivity index (χ1v) is 9.63. The van der Waals surface area contributed by atoms with Crippen LogP contribution in [-0.2, 0) is 4.79 Å². The van der Waals surface area contributed by atoms with Crippen molar-refractivity contribution < 1.29 is 14.7 Å². The molecule has 0 radical (unpaired) electrons. The molecule has 148 valence electrons. The van der Waals surface area contributed by atoms with Crippen molar-refractivity contribution in [3.8, 4) is 16.9 Å². The van der Waals surface area contributed by atoms with Gasteiger partial charge in [0.05, 0.1) is 16.7 Å². The molecule has 0 aliphatic carbocycles. The predicted molar refractivity (Wildman–Crippen MR) is 110 cm³/mol. The summed E-state index contributed by atoms with van der Waals surface area (Å²) in [7, 11) is 0. The number of hydrogen-bond acceptors (Lipinski definition) is 3. The molecule has 0 bridgehead atoms. The first kappa shape index (κ1) is 18.9. The summed E-state index contributed by atoms with van der Waals surface area (Å²) in [6, 6.07) is 17.5. The summed E-state index contributed by atoms with van der Waals surface area (Å²) in [5.41, 5.74) is 2.97. The summed E-state index contributed by atoms with van der Waals surface area (Å²) in [5.74, 6) is -1.05. The Labute approximate surface area is 169 Å². The molecule has 1 aliphatic heterocycles. The van der Waals surface area contributed by atoms with Gasteiger partial charge in [-0.3, -0.25) is 9.59 Å². The lowest BCUT2D eigenvalue weighted by molar-refractivity contribution is -0.147. The Morgan fingerprint density at radius 2 is 1.76 bits per heavy atom. The van der Waals surface area contributed by atoms with E-state index in [0.717, 1.165) is 16.8 Å². The van der Waals surface area contributed by atoms with E-state index in [4.69, 9.17) is 5.10 Å². The normalized spacial score (nSPS) is 18.8. The van der Waals surface area contributed by atoms with Crippen molar-refractivity contribution in [2.24, 2.45) is 5.41 Å². The van der Waals surface area contributed by atoms with Crippen LogP contribution in [0.3, 0.4) is 0 Å². The Morgan fingerprint density at radius 1 is 1.07 bits per heavy atom. The lowest BCUT2D eigenvalue weighted by Crippen LogP contribution is -2.35. The van der Waals surface area contributed by atoms with Crippen molar-refractivity contribution >= 4 is 11.9 Å². The SMILES string of the molecule is Cc1ccccc1-c1nn(-c2ccccc2)cc1C(=O)N1CCC(C)(C(=O)O)C1. The Balaban J connectivity index is 1.78. The third-order valence-electron chi connectivity index (χ3n) is 5.64. The first-order valence-electron chi connectivity index (χ1n) is 9.63. The van der Waals surface area contributed by atoms with E-state index in [1.165, 1.54) is 0 Å². The zero-order valence-electron chi connectivity index (χ0n) is 16.5. The minimum absolute atomic E-state index is 0.185. The molecule has 1 amide bonds. The number of likely N-dealkylation sites (tertiary alicyclic amines) is 1. The molecule has 1 aliphatic rings. The number of para-hydroxylation sites is 1. The molecule has 0 spiro atoms. The first-order chi connectivity index (χ1) is 13.9. The van der Waals surface area contributed by atoms with Gasteiger partial charge in [0.15, 0.2) is 0 Å². The Bertz CT molecular complexity index is 1070. The summed E-state index contributed by atoms with van der Waals surface area (Å²) < 4.78 is 1.71. The maximum atomic E-state index is 13.4. The van der Waals surface area contributed by atoms with Crippen LogP contribution in [0.4, 0.5) is 0 Å². The van der Waals surface area contributed by atoms with Crippen molar-refractivity contribution in [3.05, 3.63) is 71.9 Å². The number of carbonyl (C=O) groups is 2. The van der Waals surface area contributed by atoms with Crippen molar-refractivity contribution in [3.63, 3.8) is 0 Å². The second kappa shape index (κ2) is 7.20. The van der Waals surface area contributed by atoms with Crippen LogP contribution in [0.1, 0.15) is 29.3 Å². The number of aryl methyl sites for hydroxylation is 1. The highest BCUT2D eigenvalue weighted by atomic mass is 16.4. The molecule has 29 heavy (non-hydrogen) atoms. The van der Waals surface area contributed by atoms with Gasteiger partial charge in [-0.25, -0.2) is 4.68 Å². The van der Waals surface area contributed by atoms with E-state index in [0.29, 0.717) is 24.2 Å². The Hall–Kier alpha value is -3.41. The zero-order valence-corrected chi connectivity index (χ0v) is 16.5. The summed E-state index contributed by atoms with van der Waals surface area (Å²) in [5, 5.41) is 14.2. The van der Waals surface area contributed by atoms with Gasteiger partial charge >= 0.3 is 5.97 Å². The average molecular weight is 389 g/mol. The van der Waals surface area contributed by atoms with Gasteiger partial charge in [0.25, 0.3) is 5.91 Å². The molecule has 2 aromatic carbocycles. The van der Waals surface area contributed by atoms with E-state index in [-0.39, 0.29) is 12.5 Å². The number of hydrogen-bond donors (Lipinski definition) is 1. The van der Waals surface area contributed by atoms with Crippen molar-refractivity contribution in [2.45, 2.75) is 20.3 Å². The zero-order chi connectivity index (χ0) is 20.6. The van der Waals surface area contributed by atoms with Gasteiger partial charge in [0.1, 0.15) is 5.69 Å². The number of aliphatic carboxylic acids is 1. The number of aromatic nitrogens is 2. The maximum absolute atomic E-state index is 13.4. The summed E-state index contributed by atoms with van der Waals surface area (Å²) >= 11 is 0. The molecular weight excluding hydrogens is 366 g/mol. The van der Waals surface area contributed by atoms with Gasteiger partial charge in [-0.2, -0.15) is 5.10 Å². The van der Waals surface area contributed by atoms with Gasteiger partial charge in [0.2, 0.25) is 0 Å². The molecule has 2 heterocycles. The van der Waals surface area contributed by atoms with E-state index in [9.17, 15) is 14.7 Å². The van der Waals surface area contributed by atoms with Crippen molar-refractivity contribution in [1.29, 1.82) is 0 Å². The lowest BCUT2D eigenvalue weighted by atomic mass is 9.90. The standard InChI is InChI=1S/C23H23N3O3/c1-16-8-6-7-11-18(16)20-19(14-26(24-20)17-9-4-3-5-10-17)21(27)25-13-12-23(2,15-25)22(28)29/h3-11,14H,12-13,15H2,1-2H3,(H,28,29). The van der Waals surface area contributed by atoms with E-state index in [2.05, 4.69) is 0 Å².